The third-order valence-corrected chi connectivity index (χ3v) is 2.98. The molecule has 1 aromatic heterocycles. The van der Waals surface area contributed by atoms with Crippen LogP contribution in [0.25, 0.3) is 0 Å². The molecule has 0 bridgehead atoms. The molecule has 0 saturated carbocycles. The molecule has 88 valence electrons. The van der Waals surface area contributed by atoms with E-state index in [2.05, 4.69) is 5.10 Å². The molecule has 0 spiro atoms. The standard InChI is InChI=1S/C12H13ClN4/c1-8-11(13)6-16-17(8)7-9-3-2-4-10(5-9)12(14)15/h2-6H,7H2,1H3,(H3,14,15). The number of halogens is 1. The number of rotatable bonds is 3. The second-order valence-electron chi connectivity index (χ2n) is 3.85. The summed E-state index contributed by atoms with van der Waals surface area (Å²) in [6.45, 7) is 2.55. The van der Waals surface area contributed by atoms with Crippen molar-refractivity contribution >= 4 is 17.4 Å². The molecule has 0 unspecified atom stereocenters. The van der Waals surface area contributed by atoms with E-state index in [1.165, 1.54) is 0 Å². The Morgan fingerprint density at radius 3 is 2.88 bits per heavy atom. The van der Waals surface area contributed by atoms with Gasteiger partial charge in [-0.1, -0.05) is 29.8 Å². The average Bonchev–Trinajstić information content (AvgIpc) is 2.61. The number of amidine groups is 1. The predicted molar refractivity (Wildman–Crippen MR) is 68.5 cm³/mol. The molecular formula is C12H13ClN4. The zero-order valence-corrected chi connectivity index (χ0v) is 10.2. The summed E-state index contributed by atoms with van der Waals surface area (Å²) in [5, 5.41) is 12.2. The van der Waals surface area contributed by atoms with Crippen LogP contribution in [0.4, 0.5) is 0 Å². The molecule has 2 rings (SSSR count). The summed E-state index contributed by atoms with van der Waals surface area (Å²) in [6, 6.07) is 7.56. The highest BCUT2D eigenvalue weighted by molar-refractivity contribution is 6.31. The maximum atomic E-state index is 7.39. The van der Waals surface area contributed by atoms with Crippen LogP contribution >= 0.6 is 11.6 Å². The molecule has 3 N–H and O–H groups in total. The van der Waals surface area contributed by atoms with E-state index in [1.807, 2.05) is 35.9 Å². The molecule has 0 radical (unpaired) electrons. The number of nitrogens with two attached hydrogens (primary N) is 1. The maximum absolute atomic E-state index is 7.39. The molecule has 0 atom stereocenters. The first-order valence-corrected chi connectivity index (χ1v) is 5.57. The molecule has 0 aliphatic heterocycles. The molecule has 2 aromatic rings. The fourth-order valence-electron chi connectivity index (χ4n) is 1.59. The van der Waals surface area contributed by atoms with Gasteiger partial charge in [0, 0.05) is 5.56 Å². The molecule has 0 amide bonds. The van der Waals surface area contributed by atoms with Crippen molar-refractivity contribution in [3.8, 4) is 0 Å². The molecule has 0 fully saturated rings. The van der Waals surface area contributed by atoms with Gasteiger partial charge in [0.2, 0.25) is 0 Å². The topological polar surface area (TPSA) is 67.7 Å². The largest absolute Gasteiger partial charge is 0.384 e. The summed E-state index contributed by atoms with van der Waals surface area (Å²) in [7, 11) is 0. The van der Waals surface area contributed by atoms with Gasteiger partial charge in [-0.15, -0.1) is 0 Å². The summed E-state index contributed by atoms with van der Waals surface area (Å²) in [5.74, 6) is 0.0714. The van der Waals surface area contributed by atoms with Crippen molar-refractivity contribution in [3.05, 3.63) is 52.3 Å². The minimum atomic E-state index is 0.0714. The molecule has 0 aliphatic carbocycles. The number of hydrogen-bond acceptors (Lipinski definition) is 2. The van der Waals surface area contributed by atoms with Gasteiger partial charge in [-0.05, 0) is 18.6 Å². The summed E-state index contributed by atoms with van der Waals surface area (Å²) < 4.78 is 1.82. The lowest BCUT2D eigenvalue weighted by Gasteiger charge is -2.06. The van der Waals surface area contributed by atoms with Crippen molar-refractivity contribution in [1.29, 1.82) is 5.41 Å². The molecular weight excluding hydrogens is 236 g/mol. The van der Waals surface area contributed by atoms with Gasteiger partial charge in [0.25, 0.3) is 0 Å². The molecule has 4 nitrogen and oxygen atoms in total. The number of aromatic nitrogens is 2. The van der Waals surface area contributed by atoms with Gasteiger partial charge in [-0.25, -0.2) is 0 Å². The van der Waals surface area contributed by atoms with Crippen LogP contribution in [0.1, 0.15) is 16.8 Å². The van der Waals surface area contributed by atoms with Crippen LogP contribution in [0.15, 0.2) is 30.5 Å². The second kappa shape index (κ2) is 4.59. The van der Waals surface area contributed by atoms with Crippen LogP contribution in [-0.2, 0) is 6.54 Å². The van der Waals surface area contributed by atoms with Crippen molar-refractivity contribution in [2.45, 2.75) is 13.5 Å². The van der Waals surface area contributed by atoms with Crippen LogP contribution in [0.3, 0.4) is 0 Å². The van der Waals surface area contributed by atoms with E-state index in [4.69, 9.17) is 22.7 Å². The van der Waals surface area contributed by atoms with Crippen molar-refractivity contribution in [3.63, 3.8) is 0 Å². The minimum absolute atomic E-state index is 0.0714. The Morgan fingerprint density at radius 1 is 1.53 bits per heavy atom. The summed E-state index contributed by atoms with van der Waals surface area (Å²) in [6.07, 6.45) is 1.63. The summed E-state index contributed by atoms with van der Waals surface area (Å²) >= 11 is 5.94. The Bertz CT molecular complexity index is 559. The highest BCUT2D eigenvalue weighted by Gasteiger charge is 2.05. The minimum Gasteiger partial charge on any atom is -0.384 e. The lowest BCUT2D eigenvalue weighted by molar-refractivity contribution is 0.665. The highest BCUT2D eigenvalue weighted by atomic mass is 35.5. The van der Waals surface area contributed by atoms with E-state index in [-0.39, 0.29) is 5.84 Å². The highest BCUT2D eigenvalue weighted by Crippen LogP contribution is 2.15. The third-order valence-electron chi connectivity index (χ3n) is 2.61. The lowest BCUT2D eigenvalue weighted by Crippen LogP contribution is -2.12. The first-order valence-electron chi connectivity index (χ1n) is 5.19. The molecule has 1 aromatic carbocycles. The van der Waals surface area contributed by atoms with E-state index in [1.54, 1.807) is 6.20 Å². The van der Waals surface area contributed by atoms with Crippen molar-refractivity contribution < 1.29 is 0 Å². The average molecular weight is 249 g/mol. The molecule has 0 aliphatic rings. The number of nitrogens with one attached hydrogen (secondary N) is 1. The van der Waals surface area contributed by atoms with Gasteiger partial charge in [0.15, 0.2) is 0 Å². The van der Waals surface area contributed by atoms with Gasteiger partial charge < -0.3 is 5.73 Å². The van der Waals surface area contributed by atoms with E-state index in [0.717, 1.165) is 16.8 Å². The predicted octanol–water partition coefficient (Wildman–Crippen LogP) is 2.18. The molecule has 5 heteroatoms. The second-order valence-corrected chi connectivity index (χ2v) is 4.26. The Labute approximate surface area is 105 Å². The van der Waals surface area contributed by atoms with Crippen molar-refractivity contribution in [2.75, 3.05) is 0 Å². The van der Waals surface area contributed by atoms with Gasteiger partial charge in [-0.3, -0.25) is 10.1 Å². The maximum Gasteiger partial charge on any atom is 0.122 e. The van der Waals surface area contributed by atoms with Gasteiger partial charge in [0.1, 0.15) is 5.84 Å². The monoisotopic (exact) mass is 248 g/mol. The van der Waals surface area contributed by atoms with Gasteiger partial charge >= 0.3 is 0 Å². The summed E-state index contributed by atoms with van der Waals surface area (Å²) in [5.41, 5.74) is 8.14. The number of benzene rings is 1. The number of nitrogen functional groups attached to an aromatic ring is 1. The fourth-order valence-corrected chi connectivity index (χ4v) is 1.73. The zero-order chi connectivity index (χ0) is 12.4. The lowest BCUT2D eigenvalue weighted by atomic mass is 10.1. The number of nitrogens with zero attached hydrogens (tertiary/aromatic N) is 2. The van der Waals surface area contributed by atoms with E-state index in [0.29, 0.717) is 11.6 Å². The zero-order valence-electron chi connectivity index (χ0n) is 9.44. The Kier molecular flexibility index (Phi) is 3.15. The smallest absolute Gasteiger partial charge is 0.122 e. The van der Waals surface area contributed by atoms with Crippen LogP contribution in [-0.4, -0.2) is 15.6 Å². The number of hydrogen-bond donors (Lipinski definition) is 2. The SMILES string of the molecule is Cc1c(Cl)cnn1Cc1cccc(C(=N)N)c1. The van der Waals surface area contributed by atoms with E-state index >= 15 is 0 Å². The van der Waals surface area contributed by atoms with E-state index < -0.39 is 0 Å². The fraction of sp³-hybridized carbons (Fsp3) is 0.167. The Balaban J connectivity index is 2.27. The van der Waals surface area contributed by atoms with Gasteiger partial charge in [0.05, 0.1) is 23.5 Å². The molecule has 17 heavy (non-hydrogen) atoms. The van der Waals surface area contributed by atoms with Crippen molar-refractivity contribution in [1.82, 2.24) is 9.78 Å². The van der Waals surface area contributed by atoms with E-state index in [9.17, 15) is 0 Å². The van der Waals surface area contributed by atoms with Crippen LogP contribution in [0.5, 0.6) is 0 Å². The van der Waals surface area contributed by atoms with Gasteiger partial charge in [-0.2, -0.15) is 5.10 Å². The third kappa shape index (κ3) is 2.47. The molecule has 0 saturated heterocycles. The normalized spacial score (nSPS) is 10.5. The van der Waals surface area contributed by atoms with Crippen LogP contribution < -0.4 is 5.73 Å². The summed E-state index contributed by atoms with van der Waals surface area (Å²) in [4.78, 5) is 0. The Morgan fingerprint density at radius 2 is 2.29 bits per heavy atom. The van der Waals surface area contributed by atoms with Crippen LogP contribution in [0, 0.1) is 12.3 Å². The first kappa shape index (κ1) is 11.7. The molecule has 1 heterocycles. The quantitative estimate of drug-likeness (QED) is 0.646. The Hall–Kier alpha value is -1.81. The van der Waals surface area contributed by atoms with Crippen LogP contribution in [0.2, 0.25) is 5.02 Å². The first-order chi connectivity index (χ1) is 8.08. The van der Waals surface area contributed by atoms with Crippen molar-refractivity contribution in [2.24, 2.45) is 5.73 Å².